The van der Waals surface area contributed by atoms with Crippen molar-refractivity contribution >= 4 is 5.91 Å². The van der Waals surface area contributed by atoms with Crippen LogP contribution in [0, 0.1) is 5.92 Å². The summed E-state index contributed by atoms with van der Waals surface area (Å²) in [5.41, 5.74) is 8.11. The van der Waals surface area contributed by atoms with Crippen molar-refractivity contribution < 1.29 is 14.6 Å². The molecule has 7 heteroatoms. The summed E-state index contributed by atoms with van der Waals surface area (Å²) in [7, 11) is 0. The van der Waals surface area contributed by atoms with Crippen molar-refractivity contribution in [2.45, 2.75) is 31.2 Å². The molecule has 0 spiro atoms. The third-order valence-electron chi connectivity index (χ3n) is 5.62. The number of aliphatic hydroxyl groups excluding tert-OH is 1. The lowest BCUT2D eigenvalue weighted by atomic mass is 9.89. The van der Waals surface area contributed by atoms with Gasteiger partial charge in [-0.25, -0.2) is 5.43 Å². The lowest BCUT2D eigenvalue weighted by Crippen LogP contribution is -2.49. The molecule has 0 radical (unpaired) electrons. The number of rotatable bonds is 7. The maximum Gasteiger partial charge on any atom is 0.238 e. The van der Waals surface area contributed by atoms with Crippen LogP contribution in [0.2, 0.25) is 0 Å². The van der Waals surface area contributed by atoms with E-state index in [-0.39, 0.29) is 24.4 Å². The molecule has 2 heterocycles. The summed E-state index contributed by atoms with van der Waals surface area (Å²) in [6.07, 6.45) is 0.202. The first-order valence-electron chi connectivity index (χ1n) is 10.1. The Morgan fingerprint density at radius 1 is 1.17 bits per heavy atom. The van der Waals surface area contributed by atoms with Crippen molar-refractivity contribution in [1.82, 2.24) is 21.5 Å². The Hall–Kier alpha value is -2.45. The third kappa shape index (κ3) is 4.94. The number of hydrogen-bond acceptors (Lipinski definition) is 6. The van der Waals surface area contributed by atoms with Crippen LogP contribution in [0.15, 0.2) is 54.6 Å². The highest BCUT2D eigenvalue weighted by molar-refractivity contribution is 5.82. The summed E-state index contributed by atoms with van der Waals surface area (Å²) in [6.45, 7) is 2.40. The fraction of sp³-hybridized carbons (Fsp3) is 0.409. The van der Waals surface area contributed by atoms with E-state index in [2.05, 4.69) is 21.5 Å². The predicted octanol–water partition coefficient (Wildman–Crippen LogP) is 0.870. The van der Waals surface area contributed by atoms with Gasteiger partial charge in [-0.2, -0.15) is 0 Å². The average molecular weight is 396 g/mol. The highest BCUT2D eigenvalue weighted by Crippen LogP contribution is 2.22. The molecular weight excluding hydrogens is 368 g/mol. The molecule has 0 aromatic heterocycles. The van der Waals surface area contributed by atoms with Gasteiger partial charge in [-0.15, -0.1) is 0 Å². The molecule has 7 nitrogen and oxygen atoms in total. The van der Waals surface area contributed by atoms with Gasteiger partial charge in [-0.1, -0.05) is 42.5 Å². The van der Waals surface area contributed by atoms with E-state index in [1.54, 1.807) is 0 Å². The number of aliphatic hydroxyl groups is 1. The predicted molar refractivity (Wildman–Crippen MR) is 110 cm³/mol. The maximum absolute atomic E-state index is 12.6. The molecule has 1 amide bonds. The van der Waals surface area contributed by atoms with Crippen LogP contribution in [0.25, 0.3) is 0 Å². The second kappa shape index (κ2) is 9.37. The van der Waals surface area contributed by atoms with E-state index in [0.29, 0.717) is 24.0 Å². The minimum atomic E-state index is -0.797. The SMILES string of the molecule is O=C(NCC(O)c1cccc(OCc2ccccc2)c1)C1NNC2CCNCC21. The molecule has 0 aliphatic carbocycles. The number of ether oxygens (including phenoxy) is 1. The molecule has 2 aromatic rings. The van der Waals surface area contributed by atoms with Crippen LogP contribution in [0.4, 0.5) is 0 Å². The molecule has 4 rings (SSSR count). The second-order valence-corrected chi connectivity index (χ2v) is 7.64. The Bertz CT molecular complexity index is 817. The quantitative estimate of drug-likeness (QED) is 0.477. The van der Waals surface area contributed by atoms with Crippen LogP contribution in [0.5, 0.6) is 5.75 Å². The fourth-order valence-corrected chi connectivity index (χ4v) is 3.95. The summed E-state index contributed by atoms with van der Waals surface area (Å²) in [6, 6.07) is 17.3. The maximum atomic E-state index is 12.6. The molecule has 2 aliphatic rings. The monoisotopic (exact) mass is 396 g/mol. The van der Waals surface area contributed by atoms with Gasteiger partial charge in [0.2, 0.25) is 5.91 Å². The summed E-state index contributed by atoms with van der Waals surface area (Å²) in [4.78, 5) is 12.6. The highest BCUT2D eigenvalue weighted by Gasteiger charge is 2.41. The number of hydrogen-bond donors (Lipinski definition) is 5. The Balaban J connectivity index is 1.29. The molecule has 5 N–H and O–H groups in total. The van der Waals surface area contributed by atoms with E-state index in [1.165, 1.54) is 0 Å². The molecule has 2 fully saturated rings. The Morgan fingerprint density at radius 2 is 2.03 bits per heavy atom. The zero-order valence-corrected chi connectivity index (χ0v) is 16.3. The number of carbonyl (C=O) groups excluding carboxylic acids is 1. The minimum absolute atomic E-state index is 0.0933. The molecule has 4 unspecified atom stereocenters. The Labute approximate surface area is 170 Å². The van der Waals surface area contributed by atoms with Crippen molar-refractivity contribution in [3.05, 3.63) is 65.7 Å². The van der Waals surface area contributed by atoms with E-state index < -0.39 is 6.10 Å². The van der Waals surface area contributed by atoms with Gasteiger partial charge in [-0.3, -0.25) is 10.2 Å². The van der Waals surface area contributed by atoms with E-state index >= 15 is 0 Å². The molecule has 154 valence electrons. The zero-order chi connectivity index (χ0) is 20.1. The molecule has 2 aliphatic heterocycles. The lowest BCUT2D eigenvalue weighted by molar-refractivity contribution is -0.124. The molecular formula is C22H28N4O3. The Morgan fingerprint density at radius 3 is 2.90 bits per heavy atom. The van der Waals surface area contributed by atoms with Crippen LogP contribution < -0.4 is 26.2 Å². The molecule has 0 bridgehead atoms. The average Bonchev–Trinajstić information content (AvgIpc) is 3.21. The van der Waals surface area contributed by atoms with Crippen molar-refractivity contribution in [2.75, 3.05) is 19.6 Å². The summed E-state index contributed by atoms with van der Waals surface area (Å²) in [5.74, 6) is 0.814. The van der Waals surface area contributed by atoms with Crippen molar-refractivity contribution in [2.24, 2.45) is 5.92 Å². The van der Waals surface area contributed by atoms with Gasteiger partial charge in [0.05, 0.1) is 6.10 Å². The molecule has 0 saturated carbocycles. The number of amides is 1. The van der Waals surface area contributed by atoms with E-state index in [4.69, 9.17) is 4.74 Å². The van der Waals surface area contributed by atoms with Gasteiger partial charge in [0, 0.05) is 25.0 Å². The van der Waals surface area contributed by atoms with E-state index in [1.807, 2.05) is 54.6 Å². The third-order valence-corrected chi connectivity index (χ3v) is 5.62. The smallest absolute Gasteiger partial charge is 0.238 e. The number of hydrazine groups is 1. The van der Waals surface area contributed by atoms with Crippen LogP contribution in [0.1, 0.15) is 23.7 Å². The van der Waals surface area contributed by atoms with Crippen LogP contribution in [0.3, 0.4) is 0 Å². The fourth-order valence-electron chi connectivity index (χ4n) is 3.95. The first-order valence-corrected chi connectivity index (χ1v) is 10.1. The summed E-state index contributed by atoms with van der Waals surface area (Å²) in [5, 5.41) is 16.7. The minimum Gasteiger partial charge on any atom is -0.489 e. The molecule has 2 saturated heterocycles. The summed E-state index contributed by atoms with van der Waals surface area (Å²) < 4.78 is 5.83. The number of fused-ring (bicyclic) bond motifs is 1. The van der Waals surface area contributed by atoms with E-state index in [0.717, 1.165) is 25.1 Å². The standard InChI is InChI=1S/C22H28N4O3/c27-20(13-24-22(28)21-18-12-23-10-9-19(18)25-26-21)16-7-4-8-17(11-16)29-14-15-5-2-1-3-6-15/h1-8,11,18-21,23,25-27H,9-10,12-14H2,(H,24,28). The van der Waals surface area contributed by atoms with Gasteiger partial charge in [0.25, 0.3) is 0 Å². The van der Waals surface area contributed by atoms with Crippen molar-refractivity contribution in [3.63, 3.8) is 0 Å². The van der Waals surface area contributed by atoms with Gasteiger partial charge in [0.15, 0.2) is 0 Å². The normalized spacial score (nSPS) is 24.5. The second-order valence-electron chi connectivity index (χ2n) is 7.64. The number of carbonyl (C=O) groups is 1. The first-order chi connectivity index (χ1) is 14.2. The first kappa shape index (κ1) is 19.8. The Kier molecular flexibility index (Phi) is 6.41. The van der Waals surface area contributed by atoms with Gasteiger partial charge in [0.1, 0.15) is 18.4 Å². The zero-order valence-electron chi connectivity index (χ0n) is 16.3. The number of piperidine rings is 1. The van der Waals surface area contributed by atoms with Gasteiger partial charge in [-0.05, 0) is 36.2 Å². The molecule has 29 heavy (non-hydrogen) atoms. The van der Waals surface area contributed by atoms with E-state index in [9.17, 15) is 9.90 Å². The number of benzene rings is 2. The lowest BCUT2D eigenvalue weighted by Gasteiger charge is -2.27. The molecule has 2 aromatic carbocycles. The highest BCUT2D eigenvalue weighted by atomic mass is 16.5. The van der Waals surface area contributed by atoms with Crippen LogP contribution >= 0.6 is 0 Å². The summed E-state index contributed by atoms with van der Waals surface area (Å²) >= 11 is 0. The van der Waals surface area contributed by atoms with Crippen molar-refractivity contribution in [1.29, 1.82) is 0 Å². The number of nitrogens with one attached hydrogen (secondary N) is 4. The topological polar surface area (TPSA) is 94.7 Å². The van der Waals surface area contributed by atoms with Crippen LogP contribution in [-0.2, 0) is 11.4 Å². The van der Waals surface area contributed by atoms with Gasteiger partial charge >= 0.3 is 0 Å². The molecule has 4 atom stereocenters. The van der Waals surface area contributed by atoms with Crippen molar-refractivity contribution in [3.8, 4) is 5.75 Å². The van der Waals surface area contributed by atoms with Gasteiger partial charge < -0.3 is 20.5 Å². The van der Waals surface area contributed by atoms with Crippen LogP contribution in [-0.4, -0.2) is 42.7 Å². The largest absolute Gasteiger partial charge is 0.489 e.